The zero-order chi connectivity index (χ0) is 12.1. The van der Waals surface area contributed by atoms with E-state index in [1.807, 2.05) is 0 Å². The summed E-state index contributed by atoms with van der Waals surface area (Å²) < 4.78 is 5.33. The molecular weight excluding hydrogens is 252 g/mol. The van der Waals surface area contributed by atoms with E-state index in [2.05, 4.69) is 17.1 Å². The van der Waals surface area contributed by atoms with Crippen molar-refractivity contribution in [1.29, 1.82) is 0 Å². The standard InChI is InChI=1S/C13H24N2O2.ClH/c1-2-7-15(12-3-6-14-10-12)13(16)11-4-8-17-9-5-11;/h11-12,14H,2-10H2,1H3;1H. The molecular formula is C13H25ClN2O2. The molecule has 0 bridgehead atoms. The first-order chi connectivity index (χ1) is 8.33. The average Bonchev–Trinajstić information content (AvgIpc) is 2.90. The molecule has 0 aromatic rings. The van der Waals surface area contributed by atoms with Crippen LogP contribution < -0.4 is 5.32 Å². The first kappa shape index (κ1) is 15.7. The Labute approximate surface area is 116 Å². The van der Waals surface area contributed by atoms with Gasteiger partial charge < -0.3 is 15.0 Å². The van der Waals surface area contributed by atoms with E-state index in [0.29, 0.717) is 11.9 Å². The highest BCUT2D eigenvalue weighted by atomic mass is 35.5. The fraction of sp³-hybridized carbons (Fsp3) is 0.923. The van der Waals surface area contributed by atoms with Gasteiger partial charge in [-0.3, -0.25) is 4.79 Å². The lowest BCUT2D eigenvalue weighted by Crippen LogP contribution is -2.46. The number of nitrogens with one attached hydrogen (secondary N) is 1. The summed E-state index contributed by atoms with van der Waals surface area (Å²) in [5.74, 6) is 0.569. The van der Waals surface area contributed by atoms with Crippen LogP contribution in [0.2, 0.25) is 0 Å². The third kappa shape index (κ3) is 3.84. The van der Waals surface area contributed by atoms with Crippen LogP contribution in [0, 0.1) is 5.92 Å². The molecule has 2 aliphatic heterocycles. The number of carbonyl (C=O) groups is 1. The lowest BCUT2D eigenvalue weighted by atomic mass is 9.97. The lowest BCUT2D eigenvalue weighted by Gasteiger charge is -2.33. The molecule has 1 unspecified atom stereocenters. The summed E-state index contributed by atoms with van der Waals surface area (Å²) in [7, 11) is 0. The molecule has 0 saturated carbocycles. The van der Waals surface area contributed by atoms with Crippen LogP contribution in [-0.4, -0.2) is 49.7 Å². The van der Waals surface area contributed by atoms with Gasteiger partial charge in [-0.1, -0.05) is 6.92 Å². The second kappa shape index (κ2) is 7.97. The van der Waals surface area contributed by atoms with E-state index < -0.39 is 0 Å². The molecule has 2 saturated heterocycles. The zero-order valence-electron chi connectivity index (χ0n) is 11.2. The molecule has 1 amide bonds. The van der Waals surface area contributed by atoms with Crippen LogP contribution >= 0.6 is 12.4 Å². The highest BCUT2D eigenvalue weighted by Crippen LogP contribution is 2.21. The summed E-state index contributed by atoms with van der Waals surface area (Å²) in [5.41, 5.74) is 0. The number of rotatable bonds is 4. The van der Waals surface area contributed by atoms with Crippen molar-refractivity contribution < 1.29 is 9.53 Å². The van der Waals surface area contributed by atoms with Crippen molar-refractivity contribution in [3.63, 3.8) is 0 Å². The smallest absolute Gasteiger partial charge is 0.226 e. The van der Waals surface area contributed by atoms with E-state index >= 15 is 0 Å². The summed E-state index contributed by atoms with van der Waals surface area (Å²) in [4.78, 5) is 14.6. The van der Waals surface area contributed by atoms with Gasteiger partial charge in [0.25, 0.3) is 0 Å². The Morgan fingerprint density at radius 2 is 2.06 bits per heavy atom. The molecule has 0 spiro atoms. The van der Waals surface area contributed by atoms with E-state index in [-0.39, 0.29) is 18.3 Å². The topological polar surface area (TPSA) is 41.6 Å². The van der Waals surface area contributed by atoms with E-state index in [1.165, 1.54) is 0 Å². The molecule has 1 N–H and O–H groups in total. The maximum absolute atomic E-state index is 12.5. The Kier molecular flexibility index (Phi) is 6.97. The van der Waals surface area contributed by atoms with E-state index in [9.17, 15) is 4.79 Å². The van der Waals surface area contributed by atoms with Crippen molar-refractivity contribution in [2.45, 2.75) is 38.6 Å². The van der Waals surface area contributed by atoms with Crippen molar-refractivity contribution in [2.24, 2.45) is 5.92 Å². The minimum absolute atomic E-state index is 0. The van der Waals surface area contributed by atoms with Gasteiger partial charge in [0, 0.05) is 38.3 Å². The highest BCUT2D eigenvalue weighted by molar-refractivity contribution is 5.85. The minimum Gasteiger partial charge on any atom is -0.381 e. The average molecular weight is 277 g/mol. The van der Waals surface area contributed by atoms with Crippen LogP contribution in [0.15, 0.2) is 0 Å². The fourth-order valence-corrected chi connectivity index (χ4v) is 2.80. The Bertz CT molecular complexity index is 251. The Morgan fingerprint density at radius 3 is 2.61 bits per heavy atom. The fourth-order valence-electron chi connectivity index (χ4n) is 2.80. The molecule has 0 aliphatic carbocycles. The van der Waals surface area contributed by atoms with Gasteiger partial charge in [0.1, 0.15) is 0 Å². The second-order valence-corrected chi connectivity index (χ2v) is 5.06. The number of nitrogens with zero attached hydrogens (tertiary/aromatic N) is 1. The molecule has 18 heavy (non-hydrogen) atoms. The van der Waals surface area contributed by atoms with Crippen LogP contribution in [0.25, 0.3) is 0 Å². The second-order valence-electron chi connectivity index (χ2n) is 5.06. The predicted molar refractivity (Wildman–Crippen MR) is 74.1 cm³/mol. The number of carbonyl (C=O) groups excluding carboxylic acids is 1. The van der Waals surface area contributed by atoms with Gasteiger partial charge in [-0.05, 0) is 32.2 Å². The molecule has 0 aromatic carbocycles. The van der Waals surface area contributed by atoms with Gasteiger partial charge in [-0.25, -0.2) is 0 Å². The van der Waals surface area contributed by atoms with Crippen LogP contribution in [0.4, 0.5) is 0 Å². The van der Waals surface area contributed by atoms with Crippen molar-refractivity contribution in [1.82, 2.24) is 10.2 Å². The molecule has 2 rings (SSSR count). The first-order valence-corrected chi connectivity index (χ1v) is 6.92. The van der Waals surface area contributed by atoms with Gasteiger partial charge in [-0.2, -0.15) is 0 Å². The molecule has 5 heteroatoms. The molecule has 2 fully saturated rings. The normalized spacial score (nSPS) is 24.6. The van der Waals surface area contributed by atoms with Gasteiger partial charge in [0.05, 0.1) is 0 Å². The van der Waals surface area contributed by atoms with Crippen molar-refractivity contribution in [2.75, 3.05) is 32.8 Å². The van der Waals surface area contributed by atoms with Crippen molar-refractivity contribution >= 4 is 18.3 Å². The summed E-state index contributed by atoms with van der Waals surface area (Å²) in [5, 5.41) is 3.35. The molecule has 2 aliphatic rings. The Morgan fingerprint density at radius 1 is 1.33 bits per heavy atom. The molecule has 1 atom stereocenters. The van der Waals surface area contributed by atoms with Crippen molar-refractivity contribution in [3.05, 3.63) is 0 Å². The maximum atomic E-state index is 12.5. The minimum atomic E-state index is 0. The summed E-state index contributed by atoms with van der Waals surface area (Å²) >= 11 is 0. The lowest BCUT2D eigenvalue weighted by molar-refractivity contribution is -0.140. The van der Waals surface area contributed by atoms with Gasteiger partial charge >= 0.3 is 0 Å². The van der Waals surface area contributed by atoms with Crippen molar-refractivity contribution in [3.8, 4) is 0 Å². The van der Waals surface area contributed by atoms with Crippen LogP contribution in [-0.2, 0) is 9.53 Å². The first-order valence-electron chi connectivity index (χ1n) is 6.92. The number of ether oxygens (including phenoxy) is 1. The van der Waals surface area contributed by atoms with Gasteiger partial charge in [0.2, 0.25) is 5.91 Å². The number of hydrogen-bond acceptors (Lipinski definition) is 3. The largest absolute Gasteiger partial charge is 0.381 e. The zero-order valence-corrected chi connectivity index (χ0v) is 12.0. The van der Waals surface area contributed by atoms with E-state index in [1.54, 1.807) is 0 Å². The maximum Gasteiger partial charge on any atom is 0.226 e. The summed E-state index contributed by atoms with van der Waals surface area (Å²) in [6, 6.07) is 0.422. The highest BCUT2D eigenvalue weighted by Gasteiger charge is 2.31. The predicted octanol–water partition coefficient (Wildman–Crippen LogP) is 1.44. The summed E-state index contributed by atoms with van der Waals surface area (Å²) in [6.45, 7) is 6.56. The van der Waals surface area contributed by atoms with Gasteiger partial charge in [0.15, 0.2) is 0 Å². The van der Waals surface area contributed by atoms with Crippen LogP contribution in [0.1, 0.15) is 32.6 Å². The SMILES string of the molecule is CCCN(C(=O)C1CCOCC1)C1CCNC1.Cl. The molecule has 0 aromatic heterocycles. The molecule has 106 valence electrons. The molecule has 4 nitrogen and oxygen atoms in total. The monoisotopic (exact) mass is 276 g/mol. The quantitative estimate of drug-likeness (QED) is 0.845. The van der Waals surface area contributed by atoms with E-state index in [4.69, 9.17) is 4.74 Å². The molecule has 0 radical (unpaired) electrons. The third-order valence-corrected chi connectivity index (χ3v) is 3.79. The molecule has 2 heterocycles. The van der Waals surface area contributed by atoms with Gasteiger partial charge in [-0.15, -0.1) is 12.4 Å². The van der Waals surface area contributed by atoms with Crippen LogP contribution in [0.3, 0.4) is 0 Å². The van der Waals surface area contributed by atoms with Crippen LogP contribution in [0.5, 0.6) is 0 Å². The third-order valence-electron chi connectivity index (χ3n) is 3.79. The van der Waals surface area contributed by atoms with E-state index in [0.717, 1.165) is 58.5 Å². The number of halogens is 1. The Balaban J connectivity index is 0.00000162. The summed E-state index contributed by atoms with van der Waals surface area (Å²) in [6.07, 6.45) is 3.96. The Hall–Kier alpha value is -0.320. The number of amides is 1. The number of hydrogen-bond donors (Lipinski definition) is 1.